The van der Waals surface area contributed by atoms with Crippen LogP contribution in [0.25, 0.3) is 0 Å². The molecule has 0 spiro atoms. The van der Waals surface area contributed by atoms with E-state index in [0.717, 1.165) is 0 Å². The quantitative estimate of drug-likeness (QED) is 0.334. The van der Waals surface area contributed by atoms with Gasteiger partial charge in [-0.2, -0.15) is 0 Å². The largest absolute Gasteiger partial charge is 0.277 e. The van der Waals surface area contributed by atoms with Crippen LogP contribution in [0, 0.1) is 0 Å². The van der Waals surface area contributed by atoms with E-state index in [9.17, 15) is 0 Å². The molecule has 0 aliphatic heterocycles. The van der Waals surface area contributed by atoms with Gasteiger partial charge in [0, 0.05) is 0 Å². The normalized spacial score (nSPS) is 14.5. The van der Waals surface area contributed by atoms with E-state index in [2.05, 4.69) is 13.5 Å². The van der Waals surface area contributed by atoms with Gasteiger partial charge in [-0.25, -0.2) is 0 Å². The Morgan fingerprint density at radius 1 is 1.55 bits per heavy atom. The first-order valence-corrected chi connectivity index (χ1v) is 5.61. The van der Waals surface area contributed by atoms with Gasteiger partial charge in [0.05, 0.1) is 29.4 Å². The smallest absolute Gasteiger partial charge is 0.0653 e. The van der Waals surface area contributed by atoms with Gasteiger partial charge in [0.1, 0.15) is 0 Å². The minimum atomic E-state index is -0.176. The summed E-state index contributed by atoms with van der Waals surface area (Å²) in [6.07, 6.45) is 1.88. The minimum absolute atomic E-state index is 0.176. The topological polar surface area (TPSA) is 21.7 Å². The lowest BCUT2D eigenvalue weighted by atomic mass is 10.6. The molecule has 11 heavy (non-hydrogen) atoms. The molecule has 66 valence electrons. The molecule has 0 saturated carbocycles. The van der Waals surface area contributed by atoms with Crippen molar-refractivity contribution in [3.63, 3.8) is 0 Å². The fourth-order valence-electron chi connectivity index (χ4n) is 0.950. The molecule has 0 fully saturated rings. The van der Waals surface area contributed by atoms with Crippen molar-refractivity contribution in [1.82, 2.24) is 5.23 Å². The lowest BCUT2D eigenvalue weighted by molar-refractivity contribution is -0.345. The molecule has 0 radical (unpaired) electrons. The molecule has 0 aromatic rings. The van der Waals surface area contributed by atoms with Gasteiger partial charge in [-0.05, 0) is 0 Å². The molecule has 0 aliphatic carbocycles. The average molecular weight is 175 g/mol. The average Bonchev–Trinajstić information content (AvgIpc) is 2.05. The van der Waals surface area contributed by atoms with Crippen LogP contribution in [0.2, 0.25) is 6.04 Å². The summed E-state index contributed by atoms with van der Waals surface area (Å²) in [6.45, 7) is 5.90. The maximum absolute atomic E-state index is 4.98. The molecule has 0 N–H and O–H groups in total. The zero-order valence-electron chi connectivity index (χ0n) is 7.54. The highest BCUT2D eigenvalue weighted by atomic mass is 28.2. The molecule has 1 atom stereocenters. The van der Waals surface area contributed by atoms with Crippen molar-refractivity contribution in [2.45, 2.75) is 18.6 Å². The summed E-state index contributed by atoms with van der Waals surface area (Å²) >= 11 is 0. The Kier molecular flexibility index (Phi) is 6.44. The van der Waals surface area contributed by atoms with E-state index in [1.807, 2.05) is 6.08 Å². The maximum Gasteiger partial charge on any atom is 0.0653 e. The fraction of sp³-hybridized carbons (Fsp3) is 0.714. The van der Waals surface area contributed by atoms with Crippen LogP contribution in [-0.2, 0) is 9.68 Å². The van der Waals surface area contributed by atoms with E-state index in [0.29, 0.717) is 0 Å². The number of hydrogen-bond acceptors (Lipinski definition) is 3. The lowest BCUT2D eigenvalue weighted by Gasteiger charge is -2.23. The predicted octanol–water partition coefficient (Wildman–Crippen LogP) is 0.530. The van der Waals surface area contributed by atoms with Crippen molar-refractivity contribution < 1.29 is 9.68 Å². The molecule has 0 rings (SSSR count). The van der Waals surface area contributed by atoms with Gasteiger partial charge in [-0.3, -0.25) is 9.68 Å². The summed E-state index contributed by atoms with van der Waals surface area (Å²) < 4.78 is 0. The van der Waals surface area contributed by atoms with Crippen LogP contribution in [0.4, 0.5) is 0 Å². The van der Waals surface area contributed by atoms with Gasteiger partial charge in [0.25, 0.3) is 0 Å². The zero-order valence-corrected chi connectivity index (χ0v) is 8.95. The molecule has 0 heterocycles. The van der Waals surface area contributed by atoms with Gasteiger partial charge in [0.15, 0.2) is 0 Å². The van der Waals surface area contributed by atoms with E-state index in [1.54, 1.807) is 14.2 Å². The van der Waals surface area contributed by atoms with E-state index < -0.39 is 0 Å². The Labute approximate surface area is 70.7 Å². The van der Waals surface area contributed by atoms with Crippen molar-refractivity contribution in [1.29, 1.82) is 0 Å². The molecule has 0 aromatic heterocycles. The van der Waals surface area contributed by atoms with Crippen LogP contribution in [0.3, 0.4) is 0 Å². The molecule has 3 nitrogen and oxygen atoms in total. The van der Waals surface area contributed by atoms with Gasteiger partial charge in [-0.1, -0.05) is 24.3 Å². The van der Waals surface area contributed by atoms with E-state index in [4.69, 9.17) is 9.68 Å². The monoisotopic (exact) mass is 175 g/mol. The van der Waals surface area contributed by atoms with Crippen LogP contribution in [0.15, 0.2) is 12.7 Å². The van der Waals surface area contributed by atoms with E-state index in [1.165, 1.54) is 11.3 Å². The van der Waals surface area contributed by atoms with Gasteiger partial charge in [-0.15, -0.1) is 6.58 Å². The van der Waals surface area contributed by atoms with Gasteiger partial charge >= 0.3 is 0 Å². The van der Waals surface area contributed by atoms with Crippen LogP contribution in [0.5, 0.6) is 0 Å². The first-order chi connectivity index (χ1) is 5.29. The Morgan fingerprint density at radius 3 is 2.36 bits per heavy atom. The predicted molar refractivity (Wildman–Crippen MR) is 48.9 cm³/mol. The van der Waals surface area contributed by atoms with Crippen molar-refractivity contribution >= 4 is 9.52 Å². The van der Waals surface area contributed by atoms with E-state index in [-0.39, 0.29) is 15.2 Å². The number of hydroxylamine groups is 2. The third kappa shape index (κ3) is 3.67. The van der Waals surface area contributed by atoms with Gasteiger partial charge in [0.2, 0.25) is 0 Å². The number of hydrogen-bond donors (Lipinski definition) is 0. The fourth-order valence-corrected chi connectivity index (χ4v) is 2.29. The SMILES string of the molecule is C=CC([SiH2]CC)N(OC)OC. The first kappa shape index (κ1) is 10.8. The molecule has 1 unspecified atom stereocenters. The second kappa shape index (κ2) is 6.54. The minimum Gasteiger partial charge on any atom is -0.277 e. The van der Waals surface area contributed by atoms with Crippen molar-refractivity contribution in [2.24, 2.45) is 0 Å². The Morgan fingerprint density at radius 2 is 2.09 bits per heavy atom. The second-order valence-corrected chi connectivity index (χ2v) is 4.66. The molecule has 4 heteroatoms. The van der Waals surface area contributed by atoms with Crippen molar-refractivity contribution in [3.8, 4) is 0 Å². The van der Waals surface area contributed by atoms with Crippen LogP contribution in [0.1, 0.15) is 6.92 Å². The molecule has 0 amide bonds. The summed E-state index contributed by atoms with van der Waals surface area (Å²) in [4.78, 5) is 9.96. The highest BCUT2D eigenvalue weighted by molar-refractivity contribution is 6.38. The summed E-state index contributed by atoms with van der Waals surface area (Å²) in [7, 11) is 3.03. The highest BCUT2D eigenvalue weighted by Gasteiger charge is 2.13. The Balaban J connectivity index is 3.86. The molecule has 0 bridgehead atoms. The number of rotatable bonds is 6. The third-order valence-electron chi connectivity index (χ3n) is 1.49. The molecule has 0 aromatic carbocycles. The summed E-state index contributed by atoms with van der Waals surface area (Å²) in [5.74, 6) is 0. The van der Waals surface area contributed by atoms with E-state index >= 15 is 0 Å². The van der Waals surface area contributed by atoms with Gasteiger partial charge < -0.3 is 0 Å². The molecule has 0 aliphatic rings. The molecular formula is C7H17NO2Si. The Hall–Kier alpha value is -0.163. The maximum atomic E-state index is 4.98. The number of nitrogens with zero attached hydrogens (tertiary/aromatic N) is 1. The zero-order chi connectivity index (χ0) is 8.69. The second-order valence-electron chi connectivity index (χ2n) is 2.24. The van der Waals surface area contributed by atoms with Crippen molar-refractivity contribution in [2.75, 3.05) is 14.2 Å². The Bertz CT molecular complexity index is 107. The molecular weight excluding hydrogens is 158 g/mol. The van der Waals surface area contributed by atoms with Crippen LogP contribution < -0.4 is 0 Å². The standard InChI is InChI=1S/C7H17NO2Si/c1-5-7(11-6-2)8(9-3)10-4/h5,7H,1,6,11H2,2-4H3. The summed E-state index contributed by atoms with van der Waals surface area (Å²) in [6, 6.07) is 1.22. The first-order valence-electron chi connectivity index (χ1n) is 3.80. The molecule has 0 saturated heterocycles. The van der Waals surface area contributed by atoms with Crippen LogP contribution >= 0.6 is 0 Å². The lowest BCUT2D eigenvalue weighted by Crippen LogP contribution is -2.36. The van der Waals surface area contributed by atoms with Crippen molar-refractivity contribution in [3.05, 3.63) is 12.7 Å². The third-order valence-corrected chi connectivity index (χ3v) is 3.29. The summed E-state index contributed by atoms with van der Waals surface area (Å²) in [5, 5.41) is 1.50. The highest BCUT2D eigenvalue weighted by Crippen LogP contribution is 2.00. The summed E-state index contributed by atoms with van der Waals surface area (Å²) in [5.41, 5.74) is 0.287. The van der Waals surface area contributed by atoms with Crippen LogP contribution in [-0.4, -0.2) is 34.6 Å².